The summed E-state index contributed by atoms with van der Waals surface area (Å²) in [6.07, 6.45) is 0.775. The number of carbonyl (C=O) groups excluding carboxylic acids is 2. The van der Waals surface area contributed by atoms with Crippen molar-refractivity contribution >= 4 is 12.1 Å². The van der Waals surface area contributed by atoms with Gasteiger partial charge in [0, 0.05) is 24.1 Å². The van der Waals surface area contributed by atoms with E-state index in [4.69, 9.17) is 0 Å². The molecule has 4 heteroatoms. The molecule has 0 amide bonds. The van der Waals surface area contributed by atoms with Gasteiger partial charge < -0.3 is 4.57 Å². The lowest BCUT2D eigenvalue weighted by molar-refractivity contribution is 0.100. The van der Waals surface area contributed by atoms with E-state index in [0.717, 1.165) is 11.8 Å². The first-order valence-electron chi connectivity index (χ1n) is 8.51. The van der Waals surface area contributed by atoms with E-state index < -0.39 is 0 Å². The van der Waals surface area contributed by atoms with Gasteiger partial charge >= 0.3 is 0 Å². The first-order chi connectivity index (χ1) is 12.5. The molecule has 0 N–H and O–H groups in total. The van der Waals surface area contributed by atoms with Crippen LogP contribution in [0.15, 0.2) is 54.6 Å². The third-order valence-corrected chi connectivity index (χ3v) is 4.40. The molecule has 0 aliphatic heterocycles. The van der Waals surface area contributed by atoms with Crippen LogP contribution in [0.5, 0.6) is 0 Å². The predicted octanol–water partition coefficient (Wildman–Crippen LogP) is 5.56. The number of aldehydes is 1. The van der Waals surface area contributed by atoms with Crippen LogP contribution in [0.4, 0.5) is 4.39 Å². The van der Waals surface area contributed by atoms with Crippen LogP contribution in [0.25, 0.3) is 22.3 Å². The summed E-state index contributed by atoms with van der Waals surface area (Å²) in [7, 11) is 0. The zero-order valence-corrected chi connectivity index (χ0v) is 15.0. The SMILES string of the molecule is CC(=O)c1c(-c2ccccc2)c(-c2ccc(F)cc2)c(C=O)n1C(C)C. The van der Waals surface area contributed by atoms with Crippen molar-refractivity contribution in [2.24, 2.45) is 0 Å². The first-order valence-corrected chi connectivity index (χ1v) is 8.51. The van der Waals surface area contributed by atoms with E-state index in [-0.39, 0.29) is 17.6 Å². The third kappa shape index (κ3) is 2.99. The molecule has 1 aromatic heterocycles. The van der Waals surface area contributed by atoms with Gasteiger partial charge in [-0.15, -0.1) is 0 Å². The number of rotatable bonds is 5. The van der Waals surface area contributed by atoms with Crippen LogP contribution in [0.2, 0.25) is 0 Å². The Morgan fingerprint density at radius 3 is 2.04 bits per heavy atom. The van der Waals surface area contributed by atoms with Crippen LogP contribution in [0, 0.1) is 5.82 Å². The number of aromatic nitrogens is 1. The molecule has 0 saturated heterocycles. The highest BCUT2D eigenvalue weighted by Crippen LogP contribution is 2.41. The highest BCUT2D eigenvalue weighted by atomic mass is 19.1. The van der Waals surface area contributed by atoms with E-state index in [2.05, 4.69) is 0 Å². The maximum atomic E-state index is 13.4. The molecule has 3 aromatic rings. The minimum absolute atomic E-state index is 0.0780. The molecule has 0 bridgehead atoms. The smallest absolute Gasteiger partial charge is 0.176 e. The van der Waals surface area contributed by atoms with Crippen molar-refractivity contribution in [1.29, 1.82) is 0 Å². The Morgan fingerprint density at radius 1 is 0.962 bits per heavy atom. The Balaban J connectivity index is 2.48. The standard InChI is InChI=1S/C22H20FNO2/c1-14(2)24-19(13-25)20(17-9-11-18(23)12-10-17)21(22(24)15(3)26)16-7-5-4-6-8-16/h4-14H,1-3H3. The average Bonchev–Trinajstić information content (AvgIpc) is 2.98. The lowest BCUT2D eigenvalue weighted by Crippen LogP contribution is -2.12. The lowest BCUT2D eigenvalue weighted by atomic mass is 9.94. The van der Waals surface area contributed by atoms with E-state index in [1.54, 1.807) is 16.7 Å². The van der Waals surface area contributed by atoms with E-state index in [0.29, 0.717) is 28.1 Å². The largest absolute Gasteiger partial charge is 0.332 e. The van der Waals surface area contributed by atoms with E-state index in [1.165, 1.54) is 19.1 Å². The number of Topliss-reactive ketones (excluding diaryl/α,β-unsaturated/α-hetero) is 1. The Labute approximate surface area is 152 Å². The number of carbonyl (C=O) groups is 2. The monoisotopic (exact) mass is 349 g/mol. The summed E-state index contributed by atoms with van der Waals surface area (Å²) in [5.74, 6) is -0.466. The molecule has 2 aromatic carbocycles. The van der Waals surface area contributed by atoms with Gasteiger partial charge in [0.15, 0.2) is 12.1 Å². The van der Waals surface area contributed by atoms with Gasteiger partial charge in [-0.1, -0.05) is 42.5 Å². The van der Waals surface area contributed by atoms with Gasteiger partial charge in [0.1, 0.15) is 5.82 Å². The van der Waals surface area contributed by atoms with Gasteiger partial charge in [0.25, 0.3) is 0 Å². The molecule has 0 spiro atoms. The van der Waals surface area contributed by atoms with Gasteiger partial charge in [-0.2, -0.15) is 0 Å². The first kappa shape index (κ1) is 17.8. The molecule has 0 atom stereocenters. The Hall–Kier alpha value is -3.01. The Morgan fingerprint density at radius 2 is 1.54 bits per heavy atom. The Kier molecular flexibility index (Phi) is 4.85. The summed E-state index contributed by atoms with van der Waals surface area (Å²) in [4.78, 5) is 24.5. The van der Waals surface area contributed by atoms with Crippen molar-refractivity contribution in [1.82, 2.24) is 4.57 Å². The van der Waals surface area contributed by atoms with Crippen molar-refractivity contribution in [3.8, 4) is 22.3 Å². The highest BCUT2D eigenvalue weighted by Gasteiger charge is 2.28. The van der Waals surface area contributed by atoms with Crippen LogP contribution in [-0.4, -0.2) is 16.6 Å². The van der Waals surface area contributed by atoms with E-state index in [9.17, 15) is 14.0 Å². The minimum atomic E-state index is -0.349. The molecule has 0 radical (unpaired) electrons. The van der Waals surface area contributed by atoms with Gasteiger partial charge in [-0.3, -0.25) is 9.59 Å². The second-order valence-electron chi connectivity index (χ2n) is 6.49. The predicted molar refractivity (Wildman–Crippen MR) is 101 cm³/mol. The van der Waals surface area contributed by atoms with Crippen LogP contribution in [0.3, 0.4) is 0 Å². The summed E-state index contributed by atoms with van der Waals surface area (Å²) in [5.41, 5.74) is 3.84. The maximum absolute atomic E-state index is 13.4. The molecular formula is C22H20FNO2. The summed E-state index contributed by atoms with van der Waals surface area (Å²) < 4.78 is 15.2. The second-order valence-corrected chi connectivity index (χ2v) is 6.49. The summed E-state index contributed by atoms with van der Waals surface area (Å²) in [6.45, 7) is 5.37. The molecular weight excluding hydrogens is 329 g/mol. The van der Waals surface area contributed by atoms with Gasteiger partial charge in [0.05, 0.1) is 11.4 Å². The molecule has 132 valence electrons. The normalized spacial score (nSPS) is 11.0. The van der Waals surface area contributed by atoms with Gasteiger partial charge in [-0.05, 0) is 37.1 Å². The van der Waals surface area contributed by atoms with Crippen LogP contribution in [0.1, 0.15) is 47.8 Å². The maximum Gasteiger partial charge on any atom is 0.176 e. The van der Waals surface area contributed by atoms with Crippen molar-refractivity contribution < 1.29 is 14.0 Å². The van der Waals surface area contributed by atoms with Crippen molar-refractivity contribution in [2.45, 2.75) is 26.8 Å². The van der Waals surface area contributed by atoms with E-state index >= 15 is 0 Å². The zero-order valence-electron chi connectivity index (χ0n) is 15.0. The molecule has 0 aliphatic carbocycles. The van der Waals surface area contributed by atoms with Crippen LogP contribution in [-0.2, 0) is 0 Å². The molecule has 0 unspecified atom stereocenters. The molecule has 0 fully saturated rings. The van der Waals surface area contributed by atoms with Crippen molar-refractivity contribution in [3.05, 3.63) is 71.8 Å². The van der Waals surface area contributed by atoms with Crippen molar-refractivity contribution in [2.75, 3.05) is 0 Å². The molecule has 0 saturated carbocycles. The summed E-state index contributed by atoms with van der Waals surface area (Å²) in [6, 6.07) is 15.4. The minimum Gasteiger partial charge on any atom is -0.332 e. The summed E-state index contributed by atoms with van der Waals surface area (Å²) >= 11 is 0. The fourth-order valence-electron chi connectivity index (χ4n) is 3.40. The van der Waals surface area contributed by atoms with E-state index in [1.807, 2.05) is 44.2 Å². The number of ketones is 1. The molecule has 3 nitrogen and oxygen atoms in total. The fourth-order valence-corrected chi connectivity index (χ4v) is 3.40. The summed E-state index contributed by atoms with van der Waals surface area (Å²) in [5, 5.41) is 0. The van der Waals surface area contributed by atoms with Gasteiger partial charge in [-0.25, -0.2) is 4.39 Å². The fraction of sp³-hybridized carbons (Fsp3) is 0.182. The lowest BCUT2D eigenvalue weighted by Gasteiger charge is -2.14. The topological polar surface area (TPSA) is 39.1 Å². The quantitative estimate of drug-likeness (QED) is 0.447. The van der Waals surface area contributed by atoms with Gasteiger partial charge in [0.2, 0.25) is 0 Å². The number of hydrogen-bond donors (Lipinski definition) is 0. The number of benzene rings is 2. The molecule has 26 heavy (non-hydrogen) atoms. The number of halogens is 1. The van der Waals surface area contributed by atoms with Crippen LogP contribution < -0.4 is 0 Å². The average molecular weight is 349 g/mol. The molecule has 0 aliphatic rings. The number of nitrogens with zero attached hydrogens (tertiary/aromatic N) is 1. The number of hydrogen-bond acceptors (Lipinski definition) is 2. The Bertz CT molecular complexity index is 954. The highest BCUT2D eigenvalue weighted by molar-refractivity contribution is 6.08. The second kappa shape index (κ2) is 7.08. The van der Waals surface area contributed by atoms with Crippen molar-refractivity contribution in [3.63, 3.8) is 0 Å². The molecule has 1 heterocycles. The zero-order chi connectivity index (χ0) is 18.8. The van der Waals surface area contributed by atoms with Crippen LogP contribution >= 0.6 is 0 Å². The molecule has 3 rings (SSSR count). The third-order valence-electron chi connectivity index (χ3n) is 4.40.